The summed E-state index contributed by atoms with van der Waals surface area (Å²) >= 11 is 7.45. The van der Waals surface area contributed by atoms with E-state index in [1.807, 2.05) is 54.6 Å². The zero-order chi connectivity index (χ0) is 17.9. The molecule has 0 fully saturated rings. The lowest BCUT2D eigenvalue weighted by atomic mass is 10.1. The maximum Gasteiger partial charge on any atom is 0.341 e. The summed E-state index contributed by atoms with van der Waals surface area (Å²) in [7, 11) is 0. The van der Waals surface area contributed by atoms with Gasteiger partial charge in [0.2, 0.25) is 0 Å². The third kappa shape index (κ3) is 3.37. The monoisotopic (exact) mass is 380 g/mol. The minimum atomic E-state index is -0.461. The molecule has 3 aromatic carbocycles. The molecule has 0 aliphatic carbocycles. The van der Waals surface area contributed by atoms with E-state index >= 15 is 0 Å². The number of rotatable bonds is 3. The average molecular weight is 381 g/mol. The standard InChI is InChI=1S/C19H13ClN4OS/c20-15-8-4-2-6-13(15)11-21-24-18(25)23-19-22-17-14-7-3-1-5-12(14)9-10-16(17)26-19/h1-11H,(H2,22,23,24,25)/b21-11+. The van der Waals surface area contributed by atoms with Crippen LogP contribution in [0.1, 0.15) is 5.56 Å². The normalized spacial score (nSPS) is 11.3. The van der Waals surface area contributed by atoms with E-state index < -0.39 is 6.03 Å². The molecule has 0 unspecified atom stereocenters. The van der Waals surface area contributed by atoms with Crippen molar-refractivity contribution in [2.45, 2.75) is 0 Å². The van der Waals surface area contributed by atoms with Crippen molar-refractivity contribution >= 4 is 61.3 Å². The Bertz CT molecular complexity index is 1140. The van der Waals surface area contributed by atoms with Crippen molar-refractivity contribution in [2.24, 2.45) is 5.10 Å². The summed E-state index contributed by atoms with van der Waals surface area (Å²) in [4.78, 5) is 16.6. The molecule has 4 aromatic rings. The van der Waals surface area contributed by atoms with Crippen LogP contribution in [0.15, 0.2) is 65.8 Å². The van der Waals surface area contributed by atoms with Crippen LogP contribution in [-0.4, -0.2) is 17.2 Å². The quantitative estimate of drug-likeness (QED) is 0.376. The molecule has 26 heavy (non-hydrogen) atoms. The Morgan fingerprint density at radius 1 is 1.08 bits per heavy atom. The maximum absolute atomic E-state index is 12.0. The van der Waals surface area contributed by atoms with Gasteiger partial charge in [0.25, 0.3) is 0 Å². The Labute approximate surface area is 158 Å². The predicted molar refractivity (Wildman–Crippen MR) is 108 cm³/mol. The fraction of sp³-hybridized carbons (Fsp3) is 0. The summed E-state index contributed by atoms with van der Waals surface area (Å²) in [6.07, 6.45) is 1.49. The Balaban J connectivity index is 1.49. The number of aromatic nitrogens is 1. The van der Waals surface area contributed by atoms with Gasteiger partial charge in [0, 0.05) is 16.0 Å². The fourth-order valence-electron chi connectivity index (χ4n) is 2.58. The van der Waals surface area contributed by atoms with Crippen molar-refractivity contribution in [1.29, 1.82) is 0 Å². The largest absolute Gasteiger partial charge is 0.341 e. The number of halogens is 1. The van der Waals surface area contributed by atoms with Crippen molar-refractivity contribution in [1.82, 2.24) is 10.4 Å². The number of anilines is 1. The van der Waals surface area contributed by atoms with E-state index in [0.29, 0.717) is 10.2 Å². The fourth-order valence-corrected chi connectivity index (χ4v) is 3.64. The molecule has 0 saturated heterocycles. The number of hydrogen-bond donors (Lipinski definition) is 2. The number of urea groups is 1. The van der Waals surface area contributed by atoms with Crippen molar-refractivity contribution in [2.75, 3.05) is 5.32 Å². The third-order valence-corrected chi connectivity index (χ3v) is 5.06. The topological polar surface area (TPSA) is 66.4 Å². The van der Waals surface area contributed by atoms with Gasteiger partial charge in [0.1, 0.15) is 0 Å². The van der Waals surface area contributed by atoms with Gasteiger partial charge < -0.3 is 0 Å². The molecule has 2 N–H and O–H groups in total. The van der Waals surface area contributed by atoms with E-state index in [-0.39, 0.29) is 0 Å². The minimum absolute atomic E-state index is 0.461. The van der Waals surface area contributed by atoms with Crippen LogP contribution in [0.4, 0.5) is 9.93 Å². The first-order valence-electron chi connectivity index (χ1n) is 7.83. The minimum Gasteiger partial charge on any atom is -0.282 e. The van der Waals surface area contributed by atoms with Gasteiger partial charge in [-0.15, -0.1) is 0 Å². The highest BCUT2D eigenvalue weighted by atomic mass is 35.5. The predicted octanol–water partition coefficient (Wildman–Crippen LogP) is 5.26. The number of benzene rings is 3. The summed E-state index contributed by atoms with van der Waals surface area (Å²) < 4.78 is 1.01. The SMILES string of the molecule is O=C(N/N=C/c1ccccc1Cl)Nc1nc2c(ccc3ccccc32)s1. The first kappa shape index (κ1) is 16.5. The number of hydrazone groups is 1. The van der Waals surface area contributed by atoms with Gasteiger partial charge in [-0.2, -0.15) is 5.10 Å². The second-order valence-electron chi connectivity index (χ2n) is 5.50. The molecule has 4 rings (SSSR count). The van der Waals surface area contributed by atoms with Gasteiger partial charge in [0.15, 0.2) is 5.13 Å². The van der Waals surface area contributed by atoms with Crippen molar-refractivity contribution < 1.29 is 4.79 Å². The van der Waals surface area contributed by atoms with Crippen molar-refractivity contribution in [3.8, 4) is 0 Å². The van der Waals surface area contributed by atoms with Crippen molar-refractivity contribution in [3.05, 3.63) is 71.2 Å². The number of fused-ring (bicyclic) bond motifs is 3. The molecule has 0 atom stereocenters. The first-order chi connectivity index (χ1) is 12.7. The molecular weight excluding hydrogens is 368 g/mol. The van der Waals surface area contributed by atoms with Gasteiger partial charge in [-0.3, -0.25) is 5.32 Å². The third-order valence-electron chi connectivity index (χ3n) is 3.78. The van der Waals surface area contributed by atoms with Crippen LogP contribution in [0.5, 0.6) is 0 Å². The van der Waals surface area contributed by atoms with Crippen LogP contribution in [0.2, 0.25) is 5.02 Å². The van der Waals surface area contributed by atoms with Gasteiger partial charge in [-0.05, 0) is 17.5 Å². The van der Waals surface area contributed by atoms with Crippen LogP contribution in [0, 0.1) is 0 Å². The Kier molecular flexibility index (Phi) is 4.51. The molecule has 128 valence electrons. The zero-order valence-electron chi connectivity index (χ0n) is 13.4. The average Bonchev–Trinajstić information content (AvgIpc) is 3.06. The Morgan fingerprint density at radius 3 is 2.77 bits per heavy atom. The molecule has 2 amide bonds. The lowest BCUT2D eigenvalue weighted by Gasteiger charge is -2.00. The van der Waals surface area contributed by atoms with Crippen LogP contribution < -0.4 is 10.7 Å². The molecule has 5 nitrogen and oxygen atoms in total. The van der Waals surface area contributed by atoms with Crippen LogP contribution in [-0.2, 0) is 0 Å². The van der Waals surface area contributed by atoms with E-state index in [1.54, 1.807) is 6.07 Å². The zero-order valence-corrected chi connectivity index (χ0v) is 15.0. The summed E-state index contributed by atoms with van der Waals surface area (Å²) in [6.45, 7) is 0. The summed E-state index contributed by atoms with van der Waals surface area (Å²) in [5, 5.41) is 9.87. The van der Waals surface area contributed by atoms with Gasteiger partial charge in [0.05, 0.1) is 16.4 Å². The number of thiazole rings is 1. The molecule has 0 aliphatic rings. The second kappa shape index (κ2) is 7.11. The summed E-state index contributed by atoms with van der Waals surface area (Å²) in [6, 6.07) is 18.9. The molecule has 0 bridgehead atoms. The molecule has 0 saturated carbocycles. The van der Waals surface area contributed by atoms with Crippen LogP contribution >= 0.6 is 22.9 Å². The van der Waals surface area contributed by atoms with E-state index in [2.05, 4.69) is 20.8 Å². The molecule has 0 radical (unpaired) electrons. The highest BCUT2D eigenvalue weighted by molar-refractivity contribution is 7.22. The molecule has 7 heteroatoms. The Morgan fingerprint density at radius 2 is 1.88 bits per heavy atom. The number of carbonyl (C=O) groups is 1. The lowest BCUT2D eigenvalue weighted by Crippen LogP contribution is -2.24. The van der Waals surface area contributed by atoms with E-state index in [0.717, 1.165) is 26.6 Å². The van der Waals surface area contributed by atoms with Gasteiger partial charge in [-0.25, -0.2) is 15.2 Å². The van der Waals surface area contributed by atoms with E-state index in [4.69, 9.17) is 11.6 Å². The first-order valence-corrected chi connectivity index (χ1v) is 9.03. The lowest BCUT2D eigenvalue weighted by molar-refractivity contribution is 0.252. The highest BCUT2D eigenvalue weighted by Gasteiger charge is 2.09. The summed E-state index contributed by atoms with van der Waals surface area (Å²) in [5.41, 5.74) is 4.02. The number of carbonyl (C=O) groups excluding carboxylic acids is 1. The molecule has 0 spiro atoms. The van der Waals surface area contributed by atoms with E-state index in [1.165, 1.54) is 17.6 Å². The smallest absolute Gasteiger partial charge is 0.282 e. The number of nitrogens with zero attached hydrogens (tertiary/aromatic N) is 2. The second-order valence-corrected chi connectivity index (χ2v) is 6.94. The maximum atomic E-state index is 12.0. The van der Waals surface area contributed by atoms with Gasteiger partial charge in [-0.1, -0.05) is 71.5 Å². The summed E-state index contributed by atoms with van der Waals surface area (Å²) in [5.74, 6) is 0. The Hall–Kier alpha value is -2.96. The molecule has 0 aliphatic heterocycles. The number of hydrogen-bond acceptors (Lipinski definition) is 4. The number of nitrogens with one attached hydrogen (secondary N) is 2. The number of amides is 2. The molecular formula is C19H13ClN4OS. The van der Waals surface area contributed by atoms with Crippen LogP contribution in [0.3, 0.4) is 0 Å². The molecule has 1 aromatic heterocycles. The van der Waals surface area contributed by atoms with Gasteiger partial charge >= 0.3 is 6.03 Å². The highest BCUT2D eigenvalue weighted by Crippen LogP contribution is 2.31. The van der Waals surface area contributed by atoms with E-state index in [9.17, 15) is 4.79 Å². The van der Waals surface area contributed by atoms with Crippen molar-refractivity contribution in [3.63, 3.8) is 0 Å². The molecule has 1 heterocycles. The van der Waals surface area contributed by atoms with Crippen LogP contribution in [0.25, 0.3) is 21.0 Å².